The van der Waals surface area contributed by atoms with Crippen molar-refractivity contribution in [2.24, 2.45) is 0 Å². The SMILES string of the molecule is C=CCC(NS(=O)(=O)c1ccc(C(=O)OC)cc1)C(=O)OCI. The van der Waals surface area contributed by atoms with Gasteiger partial charge in [0.25, 0.3) is 0 Å². The van der Waals surface area contributed by atoms with Gasteiger partial charge in [-0.15, -0.1) is 6.58 Å². The van der Waals surface area contributed by atoms with E-state index in [1.54, 1.807) is 0 Å². The number of hydrogen-bond acceptors (Lipinski definition) is 6. The molecular formula is C14H16INO6S. The molecule has 0 saturated carbocycles. The first kappa shape index (κ1) is 19.6. The lowest BCUT2D eigenvalue weighted by molar-refractivity contribution is -0.142. The molecule has 0 aromatic heterocycles. The van der Waals surface area contributed by atoms with Crippen LogP contribution in [0.4, 0.5) is 0 Å². The van der Waals surface area contributed by atoms with Gasteiger partial charge in [-0.25, -0.2) is 13.2 Å². The minimum Gasteiger partial charge on any atom is -0.465 e. The van der Waals surface area contributed by atoms with Crippen molar-refractivity contribution in [1.82, 2.24) is 4.72 Å². The van der Waals surface area contributed by atoms with E-state index in [0.29, 0.717) is 0 Å². The number of halogens is 1. The number of ether oxygens (including phenoxy) is 2. The first-order valence-corrected chi connectivity index (χ1v) is 9.40. The summed E-state index contributed by atoms with van der Waals surface area (Å²) in [7, 11) is -2.72. The molecule has 0 aliphatic heterocycles. The smallest absolute Gasteiger partial charge is 0.337 e. The zero-order chi connectivity index (χ0) is 17.5. The Bertz CT molecular complexity index is 671. The normalized spacial score (nSPS) is 12.3. The molecule has 0 saturated heterocycles. The molecule has 1 unspecified atom stereocenters. The van der Waals surface area contributed by atoms with Crippen molar-refractivity contribution in [2.75, 3.05) is 11.7 Å². The largest absolute Gasteiger partial charge is 0.465 e. The molecule has 0 radical (unpaired) electrons. The Morgan fingerprint density at radius 2 is 1.96 bits per heavy atom. The second-order valence-electron chi connectivity index (χ2n) is 4.29. The maximum absolute atomic E-state index is 12.3. The van der Waals surface area contributed by atoms with Gasteiger partial charge in [0.2, 0.25) is 10.0 Å². The van der Waals surface area contributed by atoms with Crippen LogP contribution in [0.3, 0.4) is 0 Å². The number of nitrogens with one attached hydrogen (secondary N) is 1. The van der Waals surface area contributed by atoms with E-state index in [9.17, 15) is 18.0 Å². The van der Waals surface area contributed by atoms with E-state index in [0.717, 1.165) is 0 Å². The Balaban J connectivity index is 2.98. The van der Waals surface area contributed by atoms with Crippen molar-refractivity contribution in [2.45, 2.75) is 17.4 Å². The van der Waals surface area contributed by atoms with Crippen LogP contribution in [0.5, 0.6) is 0 Å². The van der Waals surface area contributed by atoms with Crippen molar-refractivity contribution < 1.29 is 27.5 Å². The van der Waals surface area contributed by atoms with Crippen molar-refractivity contribution in [3.8, 4) is 0 Å². The summed E-state index contributed by atoms with van der Waals surface area (Å²) in [4.78, 5) is 23.0. The Labute approximate surface area is 148 Å². The van der Waals surface area contributed by atoms with Gasteiger partial charge in [-0.1, -0.05) is 6.08 Å². The molecule has 1 rings (SSSR count). The third kappa shape index (κ3) is 5.59. The zero-order valence-electron chi connectivity index (χ0n) is 12.3. The van der Waals surface area contributed by atoms with Gasteiger partial charge in [0.15, 0.2) is 0 Å². The third-order valence-electron chi connectivity index (χ3n) is 2.77. The van der Waals surface area contributed by atoms with Crippen LogP contribution in [0.2, 0.25) is 0 Å². The van der Waals surface area contributed by atoms with Gasteiger partial charge in [0.1, 0.15) is 10.7 Å². The number of sulfonamides is 1. The second-order valence-corrected chi connectivity index (χ2v) is 6.62. The lowest BCUT2D eigenvalue weighted by Gasteiger charge is -2.15. The van der Waals surface area contributed by atoms with E-state index in [4.69, 9.17) is 4.74 Å². The fraction of sp³-hybridized carbons (Fsp3) is 0.286. The third-order valence-corrected chi connectivity index (χ3v) is 4.57. The van der Waals surface area contributed by atoms with Gasteiger partial charge in [0.05, 0.1) is 17.6 Å². The zero-order valence-corrected chi connectivity index (χ0v) is 15.3. The van der Waals surface area contributed by atoms with Gasteiger partial charge < -0.3 is 9.47 Å². The van der Waals surface area contributed by atoms with Crippen LogP contribution < -0.4 is 4.72 Å². The van der Waals surface area contributed by atoms with E-state index < -0.39 is 28.0 Å². The number of carbonyl (C=O) groups is 2. The van der Waals surface area contributed by atoms with Crippen molar-refractivity contribution in [1.29, 1.82) is 0 Å². The number of alkyl halides is 1. The van der Waals surface area contributed by atoms with Gasteiger partial charge in [-0.05, 0) is 53.3 Å². The fourth-order valence-corrected chi connectivity index (χ4v) is 3.16. The molecule has 7 nitrogen and oxygen atoms in total. The van der Waals surface area contributed by atoms with E-state index in [1.807, 2.05) is 22.6 Å². The predicted molar refractivity (Wildman–Crippen MR) is 91.7 cm³/mol. The molecule has 23 heavy (non-hydrogen) atoms. The van der Waals surface area contributed by atoms with Crippen LogP contribution in [-0.4, -0.2) is 38.1 Å². The van der Waals surface area contributed by atoms with Crippen molar-refractivity contribution in [3.05, 3.63) is 42.5 Å². The summed E-state index contributed by atoms with van der Waals surface area (Å²) in [6.45, 7) is 3.49. The number of hydrogen-bond donors (Lipinski definition) is 1. The molecule has 126 valence electrons. The molecule has 0 bridgehead atoms. The predicted octanol–water partition coefficient (Wildman–Crippen LogP) is 1.63. The topological polar surface area (TPSA) is 98.8 Å². The molecule has 9 heteroatoms. The Hall–Kier alpha value is -1.46. The van der Waals surface area contributed by atoms with E-state index in [-0.39, 0.29) is 21.5 Å². The average Bonchev–Trinajstić information content (AvgIpc) is 2.54. The minimum atomic E-state index is -3.95. The molecule has 0 fully saturated rings. The highest BCUT2D eigenvalue weighted by Gasteiger charge is 2.26. The van der Waals surface area contributed by atoms with Crippen molar-refractivity contribution >= 4 is 44.6 Å². The molecule has 1 N–H and O–H groups in total. The lowest BCUT2D eigenvalue weighted by Crippen LogP contribution is -2.41. The summed E-state index contributed by atoms with van der Waals surface area (Å²) in [6, 6.07) is 4.09. The molecule has 1 atom stereocenters. The average molecular weight is 453 g/mol. The lowest BCUT2D eigenvalue weighted by atomic mass is 10.2. The summed E-state index contributed by atoms with van der Waals surface area (Å²) in [6.07, 6.45) is 1.51. The van der Waals surface area contributed by atoms with Gasteiger partial charge >= 0.3 is 11.9 Å². The number of methoxy groups -OCH3 is 1. The molecule has 0 aliphatic rings. The van der Waals surface area contributed by atoms with E-state index in [2.05, 4.69) is 16.0 Å². The van der Waals surface area contributed by atoms with Crippen LogP contribution in [0.25, 0.3) is 0 Å². The summed E-state index contributed by atoms with van der Waals surface area (Å²) < 4.78 is 36.3. The van der Waals surface area contributed by atoms with Crippen LogP contribution in [0.1, 0.15) is 16.8 Å². The summed E-state index contributed by atoms with van der Waals surface area (Å²) in [5.41, 5.74) is 0.221. The van der Waals surface area contributed by atoms with Crippen LogP contribution in [0, 0.1) is 0 Å². The molecule has 1 aromatic carbocycles. The highest BCUT2D eigenvalue weighted by Crippen LogP contribution is 2.13. The highest BCUT2D eigenvalue weighted by molar-refractivity contribution is 14.1. The van der Waals surface area contributed by atoms with E-state index in [1.165, 1.54) is 37.5 Å². The van der Waals surface area contributed by atoms with Gasteiger partial charge in [-0.2, -0.15) is 4.72 Å². The van der Waals surface area contributed by atoms with Crippen molar-refractivity contribution in [3.63, 3.8) is 0 Å². The summed E-state index contributed by atoms with van der Waals surface area (Å²) >= 11 is 1.84. The number of esters is 2. The van der Waals surface area contributed by atoms with Gasteiger partial charge in [-0.3, -0.25) is 4.79 Å². The Morgan fingerprint density at radius 1 is 1.35 bits per heavy atom. The highest BCUT2D eigenvalue weighted by atomic mass is 127. The molecular weight excluding hydrogens is 437 g/mol. The monoisotopic (exact) mass is 453 g/mol. The standard InChI is InChI=1S/C14H16INO6S/c1-3-4-12(14(18)22-9-15)16-23(19,20)11-7-5-10(6-8-11)13(17)21-2/h3,5-8,12,16H,1,4,9H2,2H3. The van der Waals surface area contributed by atoms with Crippen LogP contribution >= 0.6 is 22.6 Å². The summed E-state index contributed by atoms with van der Waals surface area (Å²) in [5.74, 6) is -1.26. The first-order chi connectivity index (χ1) is 10.9. The number of carbonyl (C=O) groups excluding carboxylic acids is 2. The minimum absolute atomic E-state index is 0.0820. The first-order valence-electron chi connectivity index (χ1n) is 6.40. The fourth-order valence-electron chi connectivity index (χ4n) is 1.66. The molecule has 0 spiro atoms. The van der Waals surface area contributed by atoms with Crippen LogP contribution in [0.15, 0.2) is 41.8 Å². The Morgan fingerprint density at radius 3 is 2.43 bits per heavy atom. The second kappa shape index (κ2) is 8.99. The molecule has 0 heterocycles. The summed E-state index contributed by atoms with van der Waals surface area (Å²) in [5, 5.41) is 0. The Kier molecular flexibility index (Phi) is 7.65. The molecule has 1 aromatic rings. The van der Waals surface area contributed by atoms with Crippen LogP contribution in [-0.2, 0) is 24.3 Å². The maximum atomic E-state index is 12.3. The maximum Gasteiger partial charge on any atom is 0.337 e. The number of rotatable bonds is 8. The number of benzene rings is 1. The quantitative estimate of drug-likeness (QED) is 0.278. The molecule has 0 aliphatic carbocycles. The molecule has 0 amide bonds. The van der Waals surface area contributed by atoms with E-state index >= 15 is 0 Å². The van der Waals surface area contributed by atoms with Gasteiger partial charge in [0, 0.05) is 0 Å².